The van der Waals surface area contributed by atoms with Gasteiger partial charge < -0.3 is 14.6 Å². The summed E-state index contributed by atoms with van der Waals surface area (Å²) in [6.45, 7) is 0. The molecule has 24 heavy (non-hydrogen) atoms. The van der Waals surface area contributed by atoms with E-state index in [0.29, 0.717) is 17.7 Å². The third-order valence-electron chi connectivity index (χ3n) is 3.86. The van der Waals surface area contributed by atoms with E-state index in [0.717, 1.165) is 22.2 Å². The van der Waals surface area contributed by atoms with Crippen molar-refractivity contribution in [3.05, 3.63) is 62.6 Å². The van der Waals surface area contributed by atoms with Crippen LogP contribution < -0.4 is 20.9 Å². The number of hydrogen-bond acceptors (Lipinski definition) is 5. The zero-order valence-electron chi connectivity index (χ0n) is 13.7. The van der Waals surface area contributed by atoms with Gasteiger partial charge >= 0.3 is 5.69 Å². The normalized spacial score (nSPS) is 10.8. The number of benzene rings is 1. The molecule has 0 radical (unpaired) electrons. The smallest absolute Gasteiger partial charge is 0.325 e. The van der Waals surface area contributed by atoms with Crippen LogP contribution in [0, 0.1) is 0 Å². The molecular formula is C17H18N4O3. The maximum atomic E-state index is 12.0. The summed E-state index contributed by atoms with van der Waals surface area (Å²) in [5.41, 5.74) is 2.14. The van der Waals surface area contributed by atoms with Gasteiger partial charge in [0.2, 0.25) is 0 Å². The lowest BCUT2D eigenvalue weighted by atomic mass is 10.00. The zero-order valence-corrected chi connectivity index (χ0v) is 13.7. The molecule has 124 valence electrons. The van der Waals surface area contributed by atoms with Crippen LogP contribution in [0.15, 0.2) is 40.2 Å². The minimum absolute atomic E-state index is 0.359. The van der Waals surface area contributed by atoms with Crippen LogP contribution in [0.2, 0.25) is 0 Å². The van der Waals surface area contributed by atoms with Crippen molar-refractivity contribution in [2.24, 2.45) is 0 Å². The summed E-state index contributed by atoms with van der Waals surface area (Å²) in [6.07, 6.45) is 3.53. The highest BCUT2D eigenvalue weighted by Gasteiger charge is 2.16. The largest absolute Gasteiger partial charge is 0.494 e. The Morgan fingerprint density at radius 1 is 1.25 bits per heavy atom. The number of ether oxygens (including phenoxy) is 1. The highest BCUT2D eigenvalue weighted by atomic mass is 16.5. The predicted molar refractivity (Wildman–Crippen MR) is 93.1 cm³/mol. The van der Waals surface area contributed by atoms with Gasteiger partial charge in [-0.2, -0.15) is 0 Å². The van der Waals surface area contributed by atoms with Crippen LogP contribution in [0.25, 0.3) is 10.9 Å². The lowest BCUT2D eigenvalue weighted by Gasteiger charge is -2.20. The molecule has 1 aromatic carbocycles. The Labute approximate surface area is 137 Å². The number of methoxy groups -OCH3 is 1. The summed E-state index contributed by atoms with van der Waals surface area (Å²) < 4.78 is 5.52. The quantitative estimate of drug-likeness (QED) is 0.753. The second kappa shape index (κ2) is 6.19. The Hall–Kier alpha value is -3.09. The lowest BCUT2D eigenvalue weighted by molar-refractivity contribution is 0.415. The van der Waals surface area contributed by atoms with Gasteiger partial charge in [-0.3, -0.25) is 14.8 Å². The summed E-state index contributed by atoms with van der Waals surface area (Å²) in [4.78, 5) is 34.3. The van der Waals surface area contributed by atoms with Crippen LogP contribution in [0.3, 0.4) is 0 Å². The van der Waals surface area contributed by atoms with Crippen molar-refractivity contribution in [2.45, 2.75) is 6.42 Å². The Morgan fingerprint density at radius 3 is 2.71 bits per heavy atom. The number of rotatable bonds is 4. The van der Waals surface area contributed by atoms with Crippen molar-refractivity contribution in [3.63, 3.8) is 0 Å². The first-order chi connectivity index (χ1) is 11.5. The van der Waals surface area contributed by atoms with Gasteiger partial charge in [-0.05, 0) is 17.7 Å². The molecular weight excluding hydrogens is 308 g/mol. The van der Waals surface area contributed by atoms with Gasteiger partial charge in [-0.25, -0.2) is 4.79 Å². The van der Waals surface area contributed by atoms with Crippen LogP contribution in [-0.4, -0.2) is 36.2 Å². The third-order valence-corrected chi connectivity index (χ3v) is 3.86. The molecule has 0 atom stereocenters. The van der Waals surface area contributed by atoms with Crippen molar-refractivity contribution in [2.75, 3.05) is 26.1 Å². The Morgan fingerprint density at radius 2 is 2.04 bits per heavy atom. The van der Waals surface area contributed by atoms with Crippen LogP contribution in [0.1, 0.15) is 11.1 Å². The lowest BCUT2D eigenvalue weighted by Crippen LogP contribution is -2.24. The van der Waals surface area contributed by atoms with E-state index in [2.05, 4.69) is 15.0 Å². The minimum Gasteiger partial charge on any atom is -0.494 e. The van der Waals surface area contributed by atoms with Gasteiger partial charge in [0.05, 0.1) is 12.6 Å². The highest BCUT2D eigenvalue weighted by molar-refractivity contribution is 5.96. The average molecular weight is 326 g/mol. The van der Waals surface area contributed by atoms with Gasteiger partial charge in [0.25, 0.3) is 5.56 Å². The molecule has 0 aliphatic heterocycles. The topological polar surface area (TPSA) is 91.1 Å². The number of H-pyrrole nitrogens is 2. The van der Waals surface area contributed by atoms with Crippen molar-refractivity contribution in [3.8, 4) is 5.75 Å². The fourth-order valence-electron chi connectivity index (χ4n) is 2.78. The number of nitrogens with zero attached hydrogens (tertiary/aromatic N) is 2. The molecule has 0 aliphatic carbocycles. The molecule has 0 fully saturated rings. The van der Waals surface area contributed by atoms with Crippen molar-refractivity contribution < 1.29 is 4.74 Å². The SMILES string of the molecule is COc1cc(Cc2c[nH]c(=O)[nH]c2=O)c2cccnc2c1N(C)C. The van der Waals surface area contributed by atoms with E-state index in [9.17, 15) is 9.59 Å². The van der Waals surface area contributed by atoms with E-state index >= 15 is 0 Å². The van der Waals surface area contributed by atoms with E-state index in [-0.39, 0.29) is 0 Å². The third kappa shape index (κ3) is 2.76. The minimum atomic E-state index is -0.518. The van der Waals surface area contributed by atoms with Crippen molar-refractivity contribution in [1.29, 1.82) is 0 Å². The predicted octanol–water partition coefficient (Wildman–Crippen LogP) is 1.28. The molecule has 7 nitrogen and oxygen atoms in total. The average Bonchev–Trinajstić information content (AvgIpc) is 2.56. The molecule has 7 heteroatoms. The molecule has 2 aromatic heterocycles. The van der Waals surface area contributed by atoms with E-state index in [4.69, 9.17) is 4.74 Å². The molecule has 0 spiro atoms. The summed E-state index contributed by atoms with van der Waals surface area (Å²) in [7, 11) is 5.46. The molecule has 3 rings (SSSR count). The molecule has 3 aromatic rings. The second-order valence-electron chi connectivity index (χ2n) is 5.65. The van der Waals surface area contributed by atoms with Crippen LogP contribution in [0.4, 0.5) is 5.69 Å². The summed E-state index contributed by atoms with van der Waals surface area (Å²) in [5, 5.41) is 0.938. The van der Waals surface area contributed by atoms with E-state index in [1.165, 1.54) is 6.20 Å². The Bertz CT molecular complexity index is 1000. The molecule has 0 saturated heterocycles. The summed E-state index contributed by atoms with van der Waals surface area (Å²) in [6, 6.07) is 5.72. The number of aromatic amines is 2. The van der Waals surface area contributed by atoms with Gasteiger partial charge in [0.1, 0.15) is 11.4 Å². The Kier molecular flexibility index (Phi) is 4.07. The number of hydrogen-bond donors (Lipinski definition) is 2. The fraction of sp³-hybridized carbons (Fsp3) is 0.235. The second-order valence-corrected chi connectivity index (χ2v) is 5.65. The molecule has 0 unspecified atom stereocenters. The van der Waals surface area contributed by atoms with Gasteiger partial charge in [0, 0.05) is 43.9 Å². The zero-order chi connectivity index (χ0) is 17.3. The Balaban J connectivity index is 2.23. The van der Waals surface area contributed by atoms with Crippen LogP contribution in [0.5, 0.6) is 5.75 Å². The molecule has 2 N–H and O–H groups in total. The first-order valence-electron chi connectivity index (χ1n) is 7.44. The molecule has 2 heterocycles. The van der Waals surface area contributed by atoms with E-state index in [1.54, 1.807) is 13.3 Å². The molecule has 0 aliphatic rings. The molecule has 0 bridgehead atoms. The standard InChI is InChI=1S/C17H18N4O3/c1-21(2)15-13(24-3)8-10(12-5-4-6-18-14(12)15)7-11-9-19-17(23)20-16(11)22/h4-6,8-9H,7H2,1-3H3,(H2,19,20,22,23). The first-order valence-corrected chi connectivity index (χ1v) is 7.44. The number of nitrogens with one attached hydrogen (secondary N) is 2. The van der Waals surface area contributed by atoms with Crippen molar-refractivity contribution in [1.82, 2.24) is 15.0 Å². The maximum absolute atomic E-state index is 12.0. The van der Waals surface area contributed by atoms with Gasteiger partial charge in [-0.1, -0.05) is 6.07 Å². The maximum Gasteiger partial charge on any atom is 0.325 e. The van der Waals surface area contributed by atoms with E-state index in [1.807, 2.05) is 37.2 Å². The summed E-state index contributed by atoms with van der Waals surface area (Å²) >= 11 is 0. The van der Waals surface area contributed by atoms with Crippen LogP contribution >= 0.6 is 0 Å². The summed E-state index contributed by atoms with van der Waals surface area (Å²) in [5.74, 6) is 0.682. The number of aromatic nitrogens is 3. The fourth-order valence-corrected chi connectivity index (χ4v) is 2.78. The van der Waals surface area contributed by atoms with Crippen molar-refractivity contribution >= 4 is 16.6 Å². The monoisotopic (exact) mass is 326 g/mol. The number of fused-ring (bicyclic) bond motifs is 1. The number of anilines is 1. The molecule has 0 amide bonds. The van der Waals surface area contributed by atoms with Crippen LogP contribution in [-0.2, 0) is 6.42 Å². The van der Waals surface area contributed by atoms with E-state index < -0.39 is 11.2 Å². The highest BCUT2D eigenvalue weighted by Crippen LogP contribution is 2.36. The number of pyridine rings is 1. The van der Waals surface area contributed by atoms with Gasteiger partial charge in [0.15, 0.2) is 0 Å². The first kappa shape index (κ1) is 15.8. The molecule has 0 saturated carbocycles. The van der Waals surface area contributed by atoms with Gasteiger partial charge in [-0.15, -0.1) is 0 Å².